The van der Waals surface area contributed by atoms with E-state index >= 15 is 0 Å². The molecule has 2 heterocycles. The van der Waals surface area contributed by atoms with Gasteiger partial charge in [-0.15, -0.1) is 0 Å². The first-order chi connectivity index (χ1) is 13.0. The van der Waals surface area contributed by atoms with Crippen LogP contribution in [0.15, 0.2) is 45.9 Å². The Morgan fingerprint density at radius 2 is 2.07 bits per heavy atom. The topological polar surface area (TPSA) is 96.1 Å². The van der Waals surface area contributed by atoms with E-state index in [1.165, 1.54) is 6.07 Å². The smallest absolute Gasteiger partial charge is 0.371 e. The van der Waals surface area contributed by atoms with E-state index in [9.17, 15) is 4.79 Å². The number of benzene rings is 1. The van der Waals surface area contributed by atoms with Crippen molar-refractivity contribution in [3.8, 4) is 11.3 Å². The Morgan fingerprint density at radius 3 is 2.70 bits per heavy atom. The van der Waals surface area contributed by atoms with Crippen LogP contribution < -0.4 is 10.7 Å². The summed E-state index contributed by atoms with van der Waals surface area (Å²) < 4.78 is 10.8. The van der Waals surface area contributed by atoms with E-state index in [2.05, 4.69) is 15.8 Å². The Balaban J connectivity index is 1.55. The van der Waals surface area contributed by atoms with E-state index in [0.717, 1.165) is 36.3 Å². The number of carbonyl (C=O) groups is 1. The first-order valence-corrected chi connectivity index (χ1v) is 9.07. The number of furan rings is 1. The van der Waals surface area contributed by atoms with Gasteiger partial charge in [-0.25, -0.2) is 4.79 Å². The molecule has 3 N–H and O–H groups in total. The fourth-order valence-corrected chi connectivity index (χ4v) is 2.86. The molecule has 0 aliphatic carbocycles. The fraction of sp³-hybridized carbons (Fsp3) is 0.316. The quantitative estimate of drug-likeness (QED) is 0.398. The molecule has 0 radical (unpaired) electrons. The van der Waals surface area contributed by atoms with Crippen molar-refractivity contribution in [3.63, 3.8) is 0 Å². The predicted molar refractivity (Wildman–Crippen MR) is 106 cm³/mol. The molecule has 7 nitrogen and oxygen atoms in total. The summed E-state index contributed by atoms with van der Waals surface area (Å²) in [6, 6.07) is 10.6. The number of nitrogens with zero attached hydrogens (tertiary/aromatic N) is 1. The molecule has 1 saturated heterocycles. The second-order valence-corrected chi connectivity index (χ2v) is 6.61. The summed E-state index contributed by atoms with van der Waals surface area (Å²) in [5.41, 5.74) is 5.32. The zero-order valence-electron chi connectivity index (χ0n) is 14.9. The number of hydrazone groups is 1. The molecule has 142 valence electrons. The lowest BCUT2D eigenvalue weighted by molar-refractivity contribution is 0.0663. The molecule has 1 fully saturated rings. The number of aromatic carboxylic acids is 1. The minimum atomic E-state index is -1.09. The second kappa shape index (κ2) is 8.79. The summed E-state index contributed by atoms with van der Waals surface area (Å²) in [4.78, 5) is 10.9. The van der Waals surface area contributed by atoms with Crippen molar-refractivity contribution in [2.45, 2.75) is 25.9 Å². The maximum absolute atomic E-state index is 10.9. The Kier molecular flexibility index (Phi) is 6.20. The molecule has 0 saturated carbocycles. The van der Waals surface area contributed by atoms with E-state index in [-0.39, 0.29) is 11.9 Å². The van der Waals surface area contributed by atoms with Crippen molar-refractivity contribution >= 4 is 29.0 Å². The monoisotopic (exact) mass is 387 g/mol. The first kappa shape index (κ1) is 19.1. The van der Waals surface area contributed by atoms with Gasteiger partial charge >= 0.3 is 5.97 Å². The van der Waals surface area contributed by atoms with Gasteiger partial charge in [-0.2, -0.15) is 5.10 Å². The van der Waals surface area contributed by atoms with Crippen LogP contribution in [-0.4, -0.2) is 41.2 Å². The highest BCUT2D eigenvalue weighted by atomic mass is 32.1. The van der Waals surface area contributed by atoms with Crippen molar-refractivity contribution in [1.82, 2.24) is 10.7 Å². The third-order valence-corrected chi connectivity index (χ3v) is 4.48. The minimum absolute atomic E-state index is 0.0833. The molecule has 1 aromatic heterocycles. The fourth-order valence-electron chi connectivity index (χ4n) is 2.73. The van der Waals surface area contributed by atoms with Crippen LogP contribution in [0, 0.1) is 0 Å². The van der Waals surface area contributed by atoms with Crippen LogP contribution in [0.5, 0.6) is 0 Å². The first-order valence-electron chi connectivity index (χ1n) is 8.66. The maximum atomic E-state index is 10.9. The summed E-state index contributed by atoms with van der Waals surface area (Å²) in [6.07, 6.45) is 2.36. The summed E-state index contributed by atoms with van der Waals surface area (Å²) in [6.45, 7) is 3.37. The SMILES string of the molecule is C/C(=N/NC(=S)NC[C@@H]1CCCO1)c1ccc(-c2ccc(C(=O)O)o2)cc1. The number of carboxylic acid groups (broad SMARTS) is 1. The van der Waals surface area contributed by atoms with E-state index in [0.29, 0.717) is 17.4 Å². The van der Waals surface area contributed by atoms with Crippen molar-refractivity contribution in [1.29, 1.82) is 0 Å². The summed E-state index contributed by atoms with van der Waals surface area (Å²) in [7, 11) is 0. The molecular formula is C19H21N3O4S. The second-order valence-electron chi connectivity index (χ2n) is 6.20. The van der Waals surface area contributed by atoms with Crippen LogP contribution in [0.25, 0.3) is 11.3 Å². The van der Waals surface area contributed by atoms with E-state index in [4.69, 9.17) is 26.5 Å². The lowest BCUT2D eigenvalue weighted by Crippen LogP contribution is -2.37. The number of nitrogens with one attached hydrogen (secondary N) is 2. The van der Waals surface area contributed by atoms with E-state index in [1.807, 2.05) is 31.2 Å². The Labute approximate surface area is 162 Å². The summed E-state index contributed by atoms with van der Waals surface area (Å²) in [5, 5.41) is 16.8. The van der Waals surface area contributed by atoms with Crippen LogP contribution in [0.1, 0.15) is 35.9 Å². The van der Waals surface area contributed by atoms with Gasteiger partial charge in [0.05, 0.1) is 11.8 Å². The highest BCUT2D eigenvalue weighted by molar-refractivity contribution is 7.80. The van der Waals surface area contributed by atoms with Crippen LogP contribution in [0.2, 0.25) is 0 Å². The van der Waals surface area contributed by atoms with Crippen molar-refractivity contribution in [2.24, 2.45) is 5.10 Å². The maximum Gasteiger partial charge on any atom is 0.371 e. The van der Waals surface area contributed by atoms with Gasteiger partial charge in [0.2, 0.25) is 5.76 Å². The van der Waals surface area contributed by atoms with Gasteiger partial charge in [-0.1, -0.05) is 24.3 Å². The van der Waals surface area contributed by atoms with Gasteiger partial charge in [-0.05, 0) is 49.7 Å². The summed E-state index contributed by atoms with van der Waals surface area (Å²) >= 11 is 5.22. The number of rotatable bonds is 6. The predicted octanol–water partition coefficient (Wildman–Crippen LogP) is 3.01. The molecule has 27 heavy (non-hydrogen) atoms. The third-order valence-electron chi connectivity index (χ3n) is 4.24. The van der Waals surface area contributed by atoms with Crippen LogP contribution in [0.4, 0.5) is 0 Å². The molecule has 0 spiro atoms. The Morgan fingerprint density at radius 1 is 1.30 bits per heavy atom. The van der Waals surface area contributed by atoms with Gasteiger partial charge in [0.25, 0.3) is 0 Å². The molecule has 0 amide bonds. The zero-order valence-corrected chi connectivity index (χ0v) is 15.7. The highest BCUT2D eigenvalue weighted by Gasteiger charge is 2.15. The number of hydrogen-bond acceptors (Lipinski definition) is 5. The molecule has 2 aromatic rings. The standard InChI is InChI=1S/C19H21N3O4S/c1-12(21-22-19(27)20-11-15-3-2-10-25-15)13-4-6-14(7-5-13)16-8-9-17(26-16)18(23)24/h4-9,15H,2-3,10-11H2,1H3,(H,23,24)(H2,20,22,27)/b21-12-/t15-/m0/s1. The molecule has 1 aliphatic heterocycles. The van der Waals surface area contributed by atoms with Gasteiger partial charge < -0.3 is 19.6 Å². The average Bonchev–Trinajstić information content (AvgIpc) is 3.36. The Bertz CT molecular complexity index is 839. The average molecular weight is 387 g/mol. The van der Waals surface area contributed by atoms with Crippen molar-refractivity contribution < 1.29 is 19.1 Å². The van der Waals surface area contributed by atoms with Crippen LogP contribution in [-0.2, 0) is 4.74 Å². The molecule has 1 aliphatic rings. The molecule has 8 heteroatoms. The zero-order chi connectivity index (χ0) is 19.2. The van der Waals surface area contributed by atoms with Gasteiger partial charge in [0, 0.05) is 18.7 Å². The Hall–Kier alpha value is -2.71. The number of carboxylic acids is 1. The summed E-state index contributed by atoms with van der Waals surface area (Å²) in [5.74, 6) is -0.665. The van der Waals surface area contributed by atoms with Crippen molar-refractivity contribution in [3.05, 3.63) is 47.7 Å². The molecule has 1 aromatic carbocycles. The van der Waals surface area contributed by atoms with Gasteiger partial charge in [0.1, 0.15) is 5.76 Å². The molecular weight excluding hydrogens is 366 g/mol. The molecule has 1 atom stereocenters. The lowest BCUT2D eigenvalue weighted by atomic mass is 10.1. The molecule has 0 unspecified atom stereocenters. The normalized spacial score (nSPS) is 16.9. The van der Waals surface area contributed by atoms with Crippen LogP contribution >= 0.6 is 12.2 Å². The minimum Gasteiger partial charge on any atom is -0.475 e. The molecule has 3 rings (SSSR count). The lowest BCUT2D eigenvalue weighted by Gasteiger charge is -2.12. The number of thiocarbonyl (C=S) groups is 1. The third kappa shape index (κ3) is 5.15. The van der Waals surface area contributed by atoms with E-state index < -0.39 is 5.97 Å². The number of hydrogen-bond donors (Lipinski definition) is 3. The highest BCUT2D eigenvalue weighted by Crippen LogP contribution is 2.22. The van der Waals surface area contributed by atoms with Crippen molar-refractivity contribution in [2.75, 3.05) is 13.2 Å². The van der Waals surface area contributed by atoms with Gasteiger partial charge in [-0.3, -0.25) is 5.43 Å². The molecule has 0 bridgehead atoms. The van der Waals surface area contributed by atoms with E-state index in [1.54, 1.807) is 6.07 Å². The number of ether oxygens (including phenoxy) is 1. The van der Waals surface area contributed by atoms with Crippen LogP contribution in [0.3, 0.4) is 0 Å². The van der Waals surface area contributed by atoms with Gasteiger partial charge in [0.15, 0.2) is 5.11 Å². The largest absolute Gasteiger partial charge is 0.475 e.